The normalized spacial score (nSPS) is 12.4. The largest absolute Gasteiger partial charge is 0.273 e. The van der Waals surface area contributed by atoms with E-state index in [9.17, 15) is 0 Å². The van der Waals surface area contributed by atoms with Gasteiger partial charge in [-0.3, -0.25) is 5.10 Å². The zero-order valence-electron chi connectivity index (χ0n) is 9.40. The fraction of sp³-hybridized carbons (Fsp3) is 0. The van der Waals surface area contributed by atoms with Crippen LogP contribution in [0.5, 0.6) is 0 Å². The Bertz CT molecular complexity index is 843. The van der Waals surface area contributed by atoms with Crippen molar-refractivity contribution in [1.29, 1.82) is 0 Å². The van der Waals surface area contributed by atoms with E-state index in [1.807, 2.05) is 0 Å². The zero-order chi connectivity index (χ0) is 12.1. The fourth-order valence-corrected chi connectivity index (χ4v) is 2.76. The summed E-state index contributed by atoms with van der Waals surface area (Å²) in [5.41, 5.74) is 4.40. The summed E-state index contributed by atoms with van der Waals surface area (Å²) in [4.78, 5) is 0. The second kappa shape index (κ2) is 3.40. The molecule has 86 valence electrons. The second-order valence-corrected chi connectivity index (χ2v) is 4.74. The van der Waals surface area contributed by atoms with E-state index in [1.54, 1.807) is 0 Å². The van der Waals surface area contributed by atoms with Crippen molar-refractivity contribution in [2.75, 3.05) is 0 Å². The Kier molecular flexibility index (Phi) is 1.85. The summed E-state index contributed by atoms with van der Waals surface area (Å²) in [6.07, 6.45) is 4.29. The van der Waals surface area contributed by atoms with Crippen LogP contribution in [0.3, 0.4) is 0 Å². The van der Waals surface area contributed by atoms with Gasteiger partial charge >= 0.3 is 0 Å². The summed E-state index contributed by atoms with van der Waals surface area (Å²) in [5, 5.41) is 12.2. The minimum Gasteiger partial charge on any atom is -0.273 e. The van der Waals surface area contributed by atoms with Crippen LogP contribution in [0, 0.1) is 4.64 Å². The Morgan fingerprint density at radius 3 is 2.61 bits per heavy atom. The van der Waals surface area contributed by atoms with Gasteiger partial charge in [-0.1, -0.05) is 54.7 Å². The van der Waals surface area contributed by atoms with Gasteiger partial charge in [0.2, 0.25) is 0 Å². The van der Waals surface area contributed by atoms with Crippen molar-refractivity contribution < 1.29 is 0 Å². The van der Waals surface area contributed by atoms with Crippen LogP contribution >= 0.6 is 12.2 Å². The van der Waals surface area contributed by atoms with E-state index in [0.717, 1.165) is 11.3 Å². The number of nitrogens with zero attached hydrogens (tertiary/aromatic N) is 1. The van der Waals surface area contributed by atoms with Crippen LogP contribution in [0.2, 0.25) is 0 Å². The molecule has 2 aromatic carbocycles. The highest BCUT2D eigenvalue weighted by Crippen LogP contribution is 2.36. The maximum Gasteiger partial charge on any atom is 0.147 e. The lowest BCUT2D eigenvalue weighted by molar-refractivity contribution is 0.938. The first-order chi connectivity index (χ1) is 8.84. The zero-order valence-corrected chi connectivity index (χ0v) is 10.2. The summed E-state index contributed by atoms with van der Waals surface area (Å²) in [6.45, 7) is 0. The van der Waals surface area contributed by atoms with Crippen LogP contribution in [0.25, 0.3) is 34.2 Å². The third-order valence-electron chi connectivity index (χ3n) is 3.35. The smallest absolute Gasteiger partial charge is 0.147 e. The first-order valence-electron chi connectivity index (χ1n) is 5.72. The molecule has 1 aliphatic rings. The van der Waals surface area contributed by atoms with Crippen LogP contribution in [0.4, 0.5) is 0 Å². The molecule has 0 saturated carbocycles. The Morgan fingerprint density at radius 1 is 1.00 bits per heavy atom. The highest BCUT2D eigenvalue weighted by molar-refractivity contribution is 7.71. The fourth-order valence-electron chi connectivity index (χ4n) is 2.55. The van der Waals surface area contributed by atoms with Gasteiger partial charge in [0.15, 0.2) is 0 Å². The lowest BCUT2D eigenvalue weighted by Crippen LogP contribution is -1.85. The van der Waals surface area contributed by atoms with Gasteiger partial charge in [0.05, 0.1) is 0 Å². The molecule has 0 unspecified atom stereocenters. The molecular formula is C14H9N3S. The van der Waals surface area contributed by atoms with Crippen LogP contribution in [-0.4, -0.2) is 15.4 Å². The number of H-pyrrole nitrogens is 2. The predicted octanol–water partition coefficient (Wildman–Crippen LogP) is 3.77. The number of aromatic nitrogens is 3. The third-order valence-corrected chi connectivity index (χ3v) is 3.65. The summed E-state index contributed by atoms with van der Waals surface area (Å²) in [5.74, 6) is 0. The molecular weight excluding hydrogens is 242 g/mol. The molecule has 1 aliphatic carbocycles. The molecule has 0 radical (unpaired) electrons. The lowest BCUT2D eigenvalue weighted by atomic mass is 9.98. The summed E-state index contributed by atoms with van der Waals surface area (Å²) < 4.78 is 0.640. The van der Waals surface area contributed by atoms with Gasteiger partial charge in [0.1, 0.15) is 10.3 Å². The lowest BCUT2D eigenvalue weighted by Gasteiger charge is -2.06. The molecule has 0 saturated heterocycles. The molecule has 0 spiro atoms. The number of aromatic amines is 2. The van der Waals surface area contributed by atoms with E-state index in [2.05, 4.69) is 57.9 Å². The van der Waals surface area contributed by atoms with Gasteiger partial charge in [0, 0.05) is 5.56 Å². The van der Waals surface area contributed by atoms with Crippen LogP contribution in [-0.2, 0) is 0 Å². The van der Waals surface area contributed by atoms with Gasteiger partial charge in [-0.05, 0) is 21.9 Å². The first-order valence-corrected chi connectivity index (χ1v) is 6.12. The minimum atomic E-state index is 0.640. The molecule has 0 bridgehead atoms. The predicted molar refractivity (Wildman–Crippen MR) is 75.6 cm³/mol. The SMILES string of the molecule is S=c1[nH][nH]nc1-c1ccc2c3c(cccc13)C=C2. The first kappa shape index (κ1) is 9.79. The van der Waals surface area contributed by atoms with E-state index < -0.39 is 0 Å². The van der Waals surface area contributed by atoms with Gasteiger partial charge in [-0.2, -0.15) is 5.10 Å². The maximum atomic E-state index is 5.25. The highest BCUT2D eigenvalue weighted by atomic mass is 32.1. The van der Waals surface area contributed by atoms with Crippen molar-refractivity contribution in [2.24, 2.45) is 0 Å². The van der Waals surface area contributed by atoms with Gasteiger partial charge in [-0.25, -0.2) is 5.21 Å². The average molecular weight is 251 g/mol. The average Bonchev–Trinajstić information content (AvgIpc) is 2.99. The number of hydrogen-bond acceptors (Lipinski definition) is 2. The molecule has 1 heterocycles. The maximum absolute atomic E-state index is 5.25. The molecule has 0 aliphatic heterocycles. The Labute approximate surface area is 108 Å². The molecule has 2 N–H and O–H groups in total. The second-order valence-electron chi connectivity index (χ2n) is 4.33. The molecule has 4 heteroatoms. The molecule has 0 fully saturated rings. The Morgan fingerprint density at radius 2 is 1.83 bits per heavy atom. The molecule has 18 heavy (non-hydrogen) atoms. The van der Waals surface area contributed by atoms with E-state index >= 15 is 0 Å². The summed E-state index contributed by atoms with van der Waals surface area (Å²) >= 11 is 5.25. The van der Waals surface area contributed by atoms with E-state index in [0.29, 0.717) is 4.64 Å². The van der Waals surface area contributed by atoms with Crippen LogP contribution in [0.15, 0.2) is 30.3 Å². The van der Waals surface area contributed by atoms with Gasteiger partial charge in [-0.15, -0.1) is 0 Å². The van der Waals surface area contributed by atoms with Gasteiger partial charge < -0.3 is 0 Å². The van der Waals surface area contributed by atoms with Crippen molar-refractivity contribution in [2.45, 2.75) is 0 Å². The third kappa shape index (κ3) is 1.18. The molecule has 1 aromatic heterocycles. The number of benzene rings is 2. The van der Waals surface area contributed by atoms with Crippen LogP contribution < -0.4 is 0 Å². The standard InChI is InChI=1S/C14H9N3S/c18-14-13(15-17-16-14)11-7-6-9-5-4-8-2-1-3-10(11)12(8)9/h1-7H,(H2,15,16,17,18). The molecule has 3 nitrogen and oxygen atoms in total. The topological polar surface area (TPSA) is 44.5 Å². The van der Waals surface area contributed by atoms with Crippen molar-refractivity contribution in [3.8, 4) is 11.3 Å². The summed E-state index contributed by atoms with van der Waals surface area (Å²) in [6, 6.07) is 10.5. The Hall–Kier alpha value is -2.20. The van der Waals surface area contributed by atoms with E-state index in [-0.39, 0.29) is 0 Å². The van der Waals surface area contributed by atoms with Crippen molar-refractivity contribution in [1.82, 2.24) is 15.4 Å². The molecule has 0 atom stereocenters. The highest BCUT2D eigenvalue weighted by Gasteiger charge is 2.14. The summed E-state index contributed by atoms with van der Waals surface area (Å²) in [7, 11) is 0. The van der Waals surface area contributed by atoms with Gasteiger partial charge in [0.25, 0.3) is 0 Å². The van der Waals surface area contributed by atoms with Crippen molar-refractivity contribution >= 4 is 35.1 Å². The molecule has 0 amide bonds. The van der Waals surface area contributed by atoms with E-state index in [1.165, 1.54) is 21.9 Å². The van der Waals surface area contributed by atoms with E-state index in [4.69, 9.17) is 12.2 Å². The monoisotopic (exact) mass is 251 g/mol. The number of nitrogens with one attached hydrogen (secondary N) is 2. The number of hydrogen-bond donors (Lipinski definition) is 2. The van der Waals surface area contributed by atoms with Crippen LogP contribution in [0.1, 0.15) is 11.1 Å². The number of rotatable bonds is 1. The molecule has 3 aromatic rings. The quantitative estimate of drug-likeness (QED) is 0.506. The Balaban J connectivity index is 2.17. The van der Waals surface area contributed by atoms with Crippen molar-refractivity contribution in [3.63, 3.8) is 0 Å². The van der Waals surface area contributed by atoms with Crippen molar-refractivity contribution in [3.05, 3.63) is 46.1 Å². The molecule has 4 rings (SSSR count). The minimum absolute atomic E-state index is 0.640.